The number of fused-ring (bicyclic) bond motifs is 2. The normalized spacial score (nSPS) is 34.4. The minimum atomic E-state index is 0.286. The Labute approximate surface area is 85.1 Å². The Morgan fingerprint density at radius 2 is 2.14 bits per heavy atom. The van der Waals surface area contributed by atoms with Gasteiger partial charge in [0, 0.05) is 24.9 Å². The molecule has 0 radical (unpaired) electrons. The first-order valence-electron chi connectivity index (χ1n) is 5.14. The summed E-state index contributed by atoms with van der Waals surface area (Å²) in [6.45, 7) is 0.286. The molecule has 0 aromatic heterocycles. The Morgan fingerprint density at radius 1 is 1.50 bits per heavy atom. The van der Waals surface area contributed by atoms with Crippen LogP contribution in [0.25, 0.3) is 0 Å². The quantitative estimate of drug-likeness (QED) is 0.373. The van der Waals surface area contributed by atoms with Gasteiger partial charge in [-0.05, 0) is 19.9 Å². The van der Waals surface area contributed by atoms with Crippen molar-refractivity contribution in [2.24, 2.45) is 5.16 Å². The molecular formula is C11H16N2O. The van der Waals surface area contributed by atoms with Crippen LogP contribution in [-0.4, -0.2) is 36.3 Å². The molecule has 3 nitrogen and oxygen atoms in total. The van der Waals surface area contributed by atoms with Crippen LogP contribution in [0.1, 0.15) is 25.7 Å². The molecule has 76 valence electrons. The predicted octanol–water partition coefficient (Wildman–Crippen LogP) is 1.25. The molecule has 2 fully saturated rings. The molecule has 0 aliphatic carbocycles. The van der Waals surface area contributed by atoms with Gasteiger partial charge < -0.3 is 4.84 Å². The maximum absolute atomic E-state index is 5.08. The lowest BCUT2D eigenvalue weighted by molar-refractivity contribution is 0.169. The molecule has 2 saturated heterocycles. The summed E-state index contributed by atoms with van der Waals surface area (Å²) in [5.41, 5.74) is 1.19. The number of oxime groups is 1. The van der Waals surface area contributed by atoms with Crippen LogP contribution in [-0.2, 0) is 4.84 Å². The van der Waals surface area contributed by atoms with Crippen LogP contribution < -0.4 is 0 Å². The summed E-state index contributed by atoms with van der Waals surface area (Å²) < 4.78 is 0. The summed E-state index contributed by atoms with van der Waals surface area (Å²) in [5, 5.41) is 4.10. The van der Waals surface area contributed by atoms with Crippen molar-refractivity contribution in [3.63, 3.8) is 0 Å². The highest BCUT2D eigenvalue weighted by molar-refractivity contribution is 5.86. The molecule has 2 rings (SSSR count). The van der Waals surface area contributed by atoms with Crippen molar-refractivity contribution in [2.75, 3.05) is 13.7 Å². The fourth-order valence-corrected chi connectivity index (χ4v) is 2.44. The molecule has 0 amide bonds. The summed E-state index contributed by atoms with van der Waals surface area (Å²) in [6.07, 6.45) is 9.79. The molecule has 0 N–H and O–H groups in total. The van der Waals surface area contributed by atoms with Crippen molar-refractivity contribution < 1.29 is 4.84 Å². The number of hydrogen-bond acceptors (Lipinski definition) is 3. The van der Waals surface area contributed by atoms with Crippen LogP contribution in [0.5, 0.6) is 0 Å². The molecule has 0 aromatic carbocycles. The Balaban J connectivity index is 1.93. The fraction of sp³-hybridized carbons (Fsp3) is 0.727. The number of hydrogen-bond donors (Lipinski definition) is 0. The van der Waals surface area contributed by atoms with Gasteiger partial charge in [0.05, 0.1) is 5.71 Å². The van der Waals surface area contributed by atoms with Crippen molar-refractivity contribution in [2.45, 2.75) is 37.8 Å². The Morgan fingerprint density at radius 3 is 2.71 bits per heavy atom. The van der Waals surface area contributed by atoms with E-state index in [4.69, 9.17) is 11.3 Å². The standard InChI is InChI=1S/C11H16N2O/c1-3-6-14-12-9-7-10-4-5-11(8-9)13(10)2/h1,10-11H,4-8H2,2H3/t10-,11+. The van der Waals surface area contributed by atoms with E-state index < -0.39 is 0 Å². The highest BCUT2D eigenvalue weighted by Gasteiger charge is 2.36. The Kier molecular flexibility index (Phi) is 2.74. The van der Waals surface area contributed by atoms with Crippen molar-refractivity contribution >= 4 is 5.71 Å². The summed E-state index contributed by atoms with van der Waals surface area (Å²) in [7, 11) is 2.21. The molecule has 0 spiro atoms. The zero-order chi connectivity index (χ0) is 9.97. The summed E-state index contributed by atoms with van der Waals surface area (Å²) >= 11 is 0. The molecule has 2 atom stereocenters. The molecule has 2 heterocycles. The third kappa shape index (κ3) is 1.76. The maximum atomic E-state index is 5.08. The maximum Gasteiger partial charge on any atom is 0.177 e. The van der Waals surface area contributed by atoms with Crippen molar-refractivity contribution in [3.05, 3.63) is 0 Å². The molecular weight excluding hydrogens is 176 g/mol. The van der Waals surface area contributed by atoms with Crippen LogP contribution in [0.3, 0.4) is 0 Å². The van der Waals surface area contributed by atoms with Crippen molar-refractivity contribution in [1.29, 1.82) is 0 Å². The molecule has 2 bridgehead atoms. The van der Waals surface area contributed by atoms with E-state index in [1.54, 1.807) is 0 Å². The average molecular weight is 192 g/mol. The molecule has 0 aromatic rings. The lowest BCUT2D eigenvalue weighted by atomic mass is 10.0. The SMILES string of the molecule is C#CCON=C1C[C@H]2CC[C@@H](C1)N2C. The first kappa shape index (κ1) is 9.54. The van der Waals surface area contributed by atoms with E-state index in [1.807, 2.05) is 0 Å². The van der Waals surface area contributed by atoms with E-state index in [1.165, 1.54) is 18.6 Å². The van der Waals surface area contributed by atoms with Crippen molar-refractivity contribution in [1.82, 2.24) is 4.90 Å². The third-order valence-corrected chi connectivity index (χ3v) is 3.27. The van der Waals surface area contributed by atoms with Gasteiger partial charge in [-0.1, -0.05) is 11.1 Å². The van der Waals surface area contributed by atoms with E-state index in [0.29, 0.717) is 12.1 Å². The Hall–Kier alpha value is -1.01. The molecule has 3 heteroatoms. The van der Waals surface area contributed by atoms with Gasteiger partial charge in [0.1, 0.15) is 0 Å². The van der Waals surface area contributed by atoms with Gasteiger partial charge in [-0.3, -0.25) is 4.90 Å². The van der Waals surface area contributed by atoms with Gasteiger partial charge in [0.15, 0.2) is 6.61 Å². The van der Waals surface area contributed by atoms with Crippen LogP contribution in [0.2, 0.25) is 0 Å². The van der Waals surface area contributed by atoms with E-state index in [9.17, 15) is 0 Å². The zero-order valence-corrected chi connectivity index (χ0v) is 8.57. The van der Waals surface area contributed by atoms with Gasteiger partial charge in [-0.25, -0.2) is 0 Å². The number of nitrogens with zero attached hydrogens (tertiary/aromatic N) is 2. The second-order valence-corrected chi connectivity index (χ2v) is 4.09. The first-order valence-corrected chi connectivity index (χ1v) is 5.14. The summed E-state index contributed by atoms with van der Waals surface area (Å²) in [6, 6.07) is 1.36. The van der Waals surface area contributed by atoms with Gasteiger partial charge in [-0.15, -0.1) is 6.42 Å². The van der Waals surface area contributed by atoms with Gasteiger partial charge in [0.25, 0.3) is 0 Å². The monoisotopic (exact) mass is 192 g/mol. The van der Waals surface area contributed by atoms with Crippen LogP contribution >= 0.6 is 0 Å². The van der Waals surface area contributed by atoms with Gasteiger partial charge in [0.2, 0.25) is 0 Å². The van der Waals surface area contributed by atoms with Crippen LogP contribution in [0, 0.1) is 12.3 Å². The smallest absolute Gasteiger partial charge is 0.177 e. The number of piperidine rings is 1. The van der Waals surface area contributed by atoms with Gasteiger partial charge in [-0.2, -0.15) is 0 Å². The first-order chi connectivity index (χ1) is 6.81. The predicted molar refractivity (Wildman–Crippen MR) is 56.0 cm³/mol. The number of terminal acetylenes is 1. The summed E-state index contributed by atoms with van der Waals surface area (Å²) in [4.78, 5) is 7.49. The van der Waals surface area contributed by atoms with Crippen LogP contribution in [0.15, 0.2) is 5.16 Å². The second-order valence-electron chi connectivity index (χ2n) is 4.09. The molecule has 14 heavy (non-hydrogen) atoms. The third-order valence-electron chi connectivity index (χ3n) is 3.27. The van der Waals surface area contributed by atoms with Gasteiger partial charge >= 0.3 is 0 Å². The second kappa shape index (κ2) is 4.02. The Bertz CT molecular complexity index is 264. The van der Waals surface area contributed by atoms with E-state index in [2.05, 4.69) is 23.0 Å². The highest BCUT2D eigenvalue weighted by atomic mass is 16.6. The molecule has 0 unspecified atom stereocenters. The molecule has 2 aliphatic rings. The lowest BCUT2D eigenvalue weighted by Gasteiger charge is -2.31. The van der Waals surface area contributed by atoms with E-state index in [-0.39, 0.29) is 6.61 Å². The lowest BCUT2D eigenvalue weighted by Crippen LogP contribution is -2.40. The fourth-order valence-electron chi connectivity index (χ4n) is 2.44. The minimum Gasteiger partial charge on any atom is -0.383 e. The minimum absolute atomic E-state index is 0.286. The van der Waals surface area contributed by atoms with E-state index in [0.717, 1.165) is 12.8 Å². The number of rotatable bonds is 2. The largest absolute Gasteiger partial charge is 0.383 e. The van der Waals surface area contributed by atoms with Crippen LogP contribution in [0.4, 0.5) is 0 Å². The highest BCUT2D eigenvalue weighted by Crippen LogP contribution is 2.32. The molecule has 0 saturated carbocycles. The molecule has 2 aliphatic heterocycles. The van der Waals surface area contributed by atoms with Crippen molar-refractivity contribution in [3.8, 4) is 12.3 Å². The summed E-state index contributed by atoms with van der Waals surface area (Å²) in [5.74, 6) is 2.41. The van der Waals surface area contributed by atoms with E-state index >= 15 is 0 Å². The topological polar surface area (TPSA) is 24.8 Å². The average Bonchev–Trinajstić information content (AvgIpc) is 2.41. The zero-order valence-electron chi connectivity index (χ0n) is 8.57.